The Hall–Kier alpha value is -2.41. The van der Waals surface area contributed by atoms with Gasteiger partial charge >= 0.3 is 6.09 Å². The minimum Gasteiger partial charge on any atom is -0.465 e. The van der Waals surface area contributed by atoms with Crippen molar-refractivity contribution < 1.29 is 14.4 Å². The number of aryl methyl sites for hydroxylation is 1. The highest BCUT2D eigenvalue weighted by Gasteiger charge is 2.27. The van der Waals surface area contributed by atoms with E-state index in [9.17, 15) is 4.79 Å². The van der Waals surface area contributed by atoms with Gasteiger partial charge in [-0.25, -0.2) is 4.79 Å². The highest BCUT2D eigenvalue weighted by molar-refractivity contribution is 5.65. The number of carboxylic acid groups (broad SMARTS) is 1. The fraction of sp³-hybridized carbons (Fsp3) is 0.438. The molecule has 0 spiro atoms. The molecule has 7 heteroatoms. The zero-order valence-electron chi connectivity index (χ0n) is 13.3. The maximum absolute atomic E-state index is 11.0. The lowest BCUT2D eigenvalue weighted by molar-refractivity contribution is 0.0693. The Labute approximate surface area is 134 Å². The fourth-order valence-corrected chi connectivity index (χ4v) is 2.80. The average molecular weight is 316 g/mol. The fourth-order valence-electron chi connectivity index (χ4n) is 2.80. The van der Waals surface area contributed by atoms with Crippen LogP contribution in [0.15, 0.2) is 28.8 Å². The summed E-state index contributed by atoms with van der Waals surface area (Å²) in [7, 11) is 0. The first-order chi connectivity index (χ1) is 11.0. The van der Waals surface area contributed by atoms with Gasteiger partial charge in [0.05, 0.1) is 6.54 Å². The molecule has 0 aliphatic carbocycles. The van der Waals surface area contributed by atoms with Crippen molar-refractivity contribution in [2.75, 3.05) is 19.6 Å². The molecule has 1 N–H and O–H groups in total. The first kappa shape index (κ1) is 15.5. The Balaban J connectivity index is 1.67. The molecule has 1 aliphatic rings. The van der Waals surface area contributed by atoms with Crippen LogP contribution in [-0.4, -0.2) is 56.8 Å². The Kier molecular flexibility index (Phi) is 4.29. The first-order valence-corrected chi connectivity index (χ1v) is 7.64. The molecular weight excluding hydrogens is 296 g/mol. The summed E-state index contributed by atoms with van der Waals surface area (Å²) < 4.78 is 5.35. The zero-order chi connectivity index (χ0) is 16.4. The van der Waals surface area contributed by atoms with Gasteiger partial charge in [0.25, 0.3) is 5.89 Å². The van der Waals surface area contributed by atoms with Crippen molar-refractivity contribution in [3.8, 4) is 11.5 Å². The number of nitrogens with zero attached hydrogens (tertiary/aromatic N) is 4. The Morgan fingerprint density at radius 1 is 1.43 bits per heavy atom. The van der Waals surface area contributed by atoms with Crippen molar-refractivity contribution in [1.29, 1.82) is 0 Å². The summed E-state index contributed by atoms with van der Waals surface area (Å²) in [4.78, 5) is 19.1. The Morgan fingerprint density at radius 3 is 2.96 bits per heavy atom. The predicted molar refractivity (Wildman–Crippen MR) is 83.9 cm³/mol. The van der Waals surface area contributed by atoms with Crippen LogP contribution in [0.2, 0.25) is 0 Å². The van der Waals surface area contributed by atoms with Gasteiger partial charge in [-0.05, 0) is 26.0 Å². The van der Waals surface area contributed by atoms with Crippen LogP contribution in [0.3, 0.4) is 0 Å². The number of hydrogen-bond donors (Lipinski definition) is 1. The minimum atomic E-state index is -0.863. The van der Waals surface area contributed by atoms with Gasteiger partial charge in [0.1, 0.15) is 0 Å². The third-order valence-electron chi connectivity index (χ3n) is 4.11. The summed E-state index contributed by atoms with van der Waals surface area (Å²) in [5.74, 6) is 1.14. The van der Waals surface area contributed by atoms with Gasteiger partial charge in [0, 0.05) is 31.2 Å². The van der Waals surface area contributed by atoms with Crippen molar-refractivity contribution >= 4 is 6.09 Å². The summed E-state index contributed by atoms with van der Waals surface area (Å²) in [5.41, 5.74) is 2.05. The minimum absolute atomic E-state index is 0.126. The Morgan fingerprint density at radius 2 is 2.26 bits per heavy atom. The number of amides is 1. The van der Waals surface area contributed by atoms with Crippen molar-refractivity contribution in [3.05, 3.63) is 35.7 Å². The molecule has 2 heterocycles. The smallest absolute Gasteiger partial charge is 0.407 e. The van der Waals surface area contributed by atoms with Crippen LogP contribution in [0.1, 0.15) is 18.3 Å². The quantitative estimate of drug-likeness (QED) is 0.935. The van der Waals surface area contributed by atoms with Crippen LogP contribution in [-0.2, 0) is 6.54 Å². The molecule has 23 heavy (non-hydrogen) atoms. The molecule has 122 valence electrons. The predicted octanol–water partition coefficient (Wildman–Crippen LogP) is 2.23. The summed E-state index contributed by atoms with van der Waals surface area (Å²) in [6.45, 7) is 6.26. The lowest BCUT2D eigenvalue weighted by Crippen LogP contribution is -2.52. The highest BCUT2D eigenvalue weighted by atomic mass is 16.5. The topological polar surface area (TPSA) is 82.7 Å². The van der Waals surface area contributed by atoms with E-state index in [4.69, 9.17) is 9.63 Å². The van der Waals surface area contributed by atoms with Crippen LogP contribution < -0.4 is 0 Å². The van der Waals surface area contributed by atoms with E-state index in [0.29, 0.717) is 37.9 Å². The van der Waals surface area contributed by atoms with Crippen LogP contribution in [0, 0.1) is 6.92 Å². The van der Waals surface area contributed by atoms with E-state index >= 15 is 0 Å². The molecule has 1 aromatic heterocycles. The molecule has 0 radical (unpaired) electrons. The Bertz CT molecular complexity index is 700. The molecule has 1 fully saturated rings. The number of carbonyl (C=O) groups is 1. The molecule has 2 aromatic rings. The maximum atomic E-state index is 11.0. The van der Waals surface area contributed by atoms with Gasteiger partial charge in [0.15, 0.2) is 5.82 Å². The molecule has 1 aliphatic heterocycles. The van der Waals surface area contributed by atoms with Gasteiger partial charge in [-0.15, -0.1) is 0 Å². The maximum Gasteiger partial charge on any atom is 0.407 e. The normalized spacial score (nSPS) is 19.0. The second-order valence-corrected chi connectivity index (χ2v) is 5.93. The third kappa shape index (κ3) is 3.50. The monoisotopic (exact) mass is 316 g/mol. The van der Waals surface area contributed by atoms with Crippen molar-refractivity contribution in [2.24, 2.45) is 0 Å². The van der Waals surface area contributed by atoms with Gasteiger partial charge in [-0.1, -0.05) is 22.9 Å². The van der Waals surface area contributed by atoms with E-state index in [1.165, 1.54) is 4.90 Å². The van der Waals surface area contributed by atoms with Crippen LogP contribution >= 0.6 is 0 Å². The SMILES string of the molecule is Cc1cccc(-c2nc(CN3CCN(C(=O)O)C[C@H]3C)no2)c1. The van der Waals surface area contributed by atoms with Crippen LogP contribution in [0.5, 0.6) is 0 Å². The molecule has 3 rings (SSSR count). The summed E-state index contributed by atoms with van der Waals surface area (Å²) in [6, 6.07) is 8.05. The summed E-state index contributed by atoms with van der Waals surface area (Å²) in [6.07, 6.45) is -0.863. The molecule has 0 bridgehead atoms. The van der Waals surface area contributed by atoms with E-state index in [1.54, 1.807) is 0 Å². The molecule has 0 saturated carbocycles. The van der Waals surface area contributed by atoms with E-state index in [2.05, 4.69) is 15.0 Å². The zero-order valence-corrected chi connectivity index (χ0v) is 13.3. The van der Waals surface area contributed by atoms with E-state index in [-0.39, 0.29) is 6.04 Å². The van der Waals surface area contributed by atoms with Crippen LogP contribution in [0.4, 0.5) is 4.79 Å². The van der Waals surface area contributed by atoms with Crippen molar-refractivity contribution in [2.45, 2.75) is 26.4 Å². The van der Waals surface area contributed by atoms with Gasteiger partial charge in [-0.2, -0.15) is 4.98 Å². The molecule has 1 saturated heterocycles. The highest BCUT2D eigenvalue weighted by Crippen LogP contribution is 2.19. The molecular formula is C16H20N4O3. The van der Waals surface area contributed by atoms with E-state index < -0.39 is 6.09 Å². The molecule has 0 unspecified atom stereocenters. The van der Waals surface area contributed by atoms with Gasteiger partial charge in [0.2, 0.25) is 0 Å². The third-order valence-corrected chi connectivity index (χ3v) is 4.11. The molecule has 1 atom stereocenters. The van der Waals surface area contributed by atoms with Crippen molar-refractivity contribution in [1.82, 2.24) is 19.9 Å². The number of piperazine rings is 1. The largest absolute Gasteiger partial charge is 0.465 e. The molecule has 1 amide bonds. The van der Waals surface area contributed by atoms with E-state index in [0.717, 1.165) is 11.1 Å². The van der Waals surface area contributed by atoms with E-state index in [1.807, 2.05) is 38.1 Å². The average Bonchev–Trinajstić information content (AvgIpc) is 2.98. The van der Waals surface area contributed by atoms with Crippen LogP contribution in [0.25, 0.3) is 11.5 Å². The molecule has 1 aromatic carbocycles. The second-order valence-electron chi connectivity index (χ2n) is 5.93. The summed E-state index contributed by atoms with van der Waals surface area (Å²) in [5, 5.41) is 13.1. The van der Waals surface area contributed by atoms with Crippen molar-refractivity contribution in [3.63, 3.8) is 0 Å². The standard InChI is InChI=1S/C16H20N4O3/c1-11-4-3-5-13(8-11)15-17-14(18-23-15)10-19-6-7-20(16(21)22)9-12(19)2/h3-5,8,12H,6-7,9-10H2,1-2H3,(H,21,22)/t12-/m1/s1. The number of benzene rings is 1. The van der Waals surface area contributed by atoms with Gasteiger partial charge < -0.3 is 14.5 Å². The van der Waals surface area contributed by atoms with Gasteiger partial charge in [-0.3, -0.25) is 4.90 Å². The summed E-state index contributed by atoms with van der Waals surface area (Å²) >= 11 is 0. The lowest BCUT2D eigenvalue weighted by Gasteiger charge is -2.37. The number of hydrogen-bond acceptors (Lipinski definition) is 5. The second kappa shape index (κ2) is 6.37. The first-order valence-electron chi connectivity index (χ1n) is 7.64. The number of rotatable bonds is 3. The lowest BCUT2D eigenvalue weighted by atomic mass is 10.1. The molecule has 7 nitrogen and oxygen atoms in total. The number of aromatic nitrogens is 2.